The van der Waals surface area contributed by atoms with Crippen molar-refractivity contribution in [3.05, 3.63) is 29.6 Å². The Balaban J connectivity index is 1.75. The van der Waals surface area contributed by atoms with E-state index >= 15 is 0 Å². The minimum atomic E-state index is -0.351. The molecule has 0 aliphatic carbocycles. The smallest absolute Gasteiger partial charge is 0.266 e. The van der Waals surface area contributed by atoms with Crippen LogP contribution in [-0.4, -0.2) is 30.2 Å². The third-order valence-corrected chi connectivity index (χ3v) is 3.05. The van der Waals surface area contributed by atoms with Crippen LogP contribution in [0.1, 0.15) is 35.3 Å². The Morgan fingerprint density at radius 1 is 1.53 bits per heavy atom. The van der Waals surface area contributed by atoms with Crippen molar-refractivity contribution in [3.63, 3.8) is 0 Å². The molecule has 104 valence electrons. The van der Waals surface area contributed by atoms with Crippen LogP contribution in [0.3, 0.4) is 0 Å². The van der Waals surface area contributed by atoms with Crippen molar-refractivity contribution in [2.75, 3.05) is 13.2 Å². The summed E-state index contributed by atoms with van der Waals surface area (Å²) in [6, 6.07) is 3.43. The summed E-state index contributed by atoms with van der Waals surface area (Å²) in [7, 11) is 0. The molecule has 1 aliphatic rings. The van der Waals surface area contributed by atoms with E-state index in [9.17, 15) is 4.79 Å². The van der Waals surface area contributed by atoms with E-state index in [-0.39, 0.29) is 12.0 Å². The summed E-state index contributed by atoms with van der Waals surface area (Å²) in [4.78, 5) is 15.4. The molecule has 1 aromatic heterocycles. The van der Waals surface area contributed by atoms with E-state index in [2.05, 4.69) is 10.4 Å². The maximum atomic E-state index is 11.2. The molecule has 1 unspecified atom stereocenters. The Hall–Kier alpha value is -1.50. The molecule has 19 heavy (non-hydrogen) atoms. The Labute approximate surface area is 112 Å². The minimum absolute atomic E-state index is 0.205. The first kappa shape index (κ1) is 13.9. The van der Waals surface area contributed by atoms with E-state index in [0.29, 0.717) is 18.8 Å². The van der Waals surface area contributed by atoms with Gasteiger partial charge in [-0.25, -0.2) is 5.84 Å². The molecule has 1 amide bonds. The lowest BCUT2D eigenvalue weighted by molar-refractivity contribution is -0.0452. The molecule has 1 fully saturated rings. The number of aromatic nitrogens is 1. The molecular weight excluding hydrogens is 246 g/mol. The second kappa shape index (κ2) is 7.18. The molecule has 1 saturated heterocycles. The highest BCUT2D eigenvalue weighted by Crippen LogP contribution is 2.13. The minimum Gasteiger partial charge on any atom is -0.376 e. The largest absolute Gasteiger partial charge is 0.376 e. The maximum Gasteiger partial charge on any atom is 0.266 e. The molecular formula is C13H19N3O3. The lowest BCUT2D eigenvalue weighted by Gasteiger charge is -2.22. The topological polar surface area (TPSA) is 86.5 Å². The predicted molar refractivity (Wildman–Crippen MR) is 69.1 cm³/mol. The summed E-state index contributed by atoms with van der Waals surface area (Å²) in [6.07, 6.45) is 5.09. The van der Waals surface area contributed by atoms with Gasteiger partial charge in [-0.15, -0.1) is 0 Å². The summed E-state index contributed by atoms with van der Waals surface area (Å²) >= 11 is 0. The molecule has 6 nitrogen and oxygen atoms in total. The fourth-order valence-corrected chi connectivity index (χ4v) is 1.96. The third-order valence-electron chi connectivity index (χ3n) is 3.05. The molecule has 0 radical (unpaired) electrons. The van der Waals surface area contributed by atoms with Gasteiger partial charge >= 0.3 is 0 Å². The first-order valence-electron chi connectivity index (χ1n) is 6.45. The maximum absolute atomic E-state index is 11.2. The van der Waals surface area contributed by atoms with E-state index in [4.69, 9.17) is 15.3 Å². The summed E-state index contributed by atoms with van der Waals surface area (Å²) in [5.74, 6) is 4.69. The van der Waals surface area contributed by atoms with Crippen LogP contribution in [0.4, 0.5) is 0 Å². The van der Waals surface area contributed by atoms with Crippen LogP contribution in [0, 0.1) is 0 Å². The number of carbonyl (C=O) groups is 1. The summed E-state index contributed by atoms with van der Waals surface area (Å²) in [6.45, 7) is 1.84. The Morgan fingerprint density at radius 3 is 3.05 bits per heavy atom. The van der Waals surface area contributed by atoms with Crippen molar-refractivity contribution in [3.8, 4) is 0 Å². The normalized spacial score (nSPS) is 19.1. The number of rotatable bonds is 5. The SMILES string of the molecule is NNC(=O)c1ccc(COCC2CCCCO2)nc1. The highest BCUT2D eigenvalue weighted by atomic mass is 16.5. The molecule has 1 atom stereocenters. The number of nitrogen functional groups attached to an aromatic ring is 1. The van der Waals surface area contributed by atoms with Crippen molar-refractivity contribution in [1.29, 1.82) is 0 Å². The number of hydrogen-bond donors (Lipinski definition) is 2. The molecule has 3 N–H and O–H groups in total. The molecule has 2 heterocycles. The lowest BCUT2D eigenvalue weighted by Crippen LogP contribution is -2.30. The number of nitrogens with two attached hydrogens (primary N) is 1. The number of hydrazine groups is 1. The van der Waals surface area contributed by atoms with E-state index in [1.165, 1.54) is 12.6 Å². The average molecular weight is 265 g/mol. The van der Waals surface area contributed by atoms with Gasteiger partial charge in [0.1, 0.15) is 0 Å². The van der Waals surface area contributed by atoms with Gasteiger partial charge < -0.3 is 9.47 Å². The van der Waals surface area contributed by atoms with E-state index in [1.54, 1.807) is 12.1 Å². The zero-order valence-electron chi connectivity index (χ0n) is 10.8. The molecule has 1 aliphatic heterocycles. The highest BCUT2D eigenvalue weighted by molar-refractivity contribution is 5.93. The fourth-order valence-electron chi connectivity index (χ4n) is 1.96. The first-order valence-corrected chi connectivity index (χ1v) is 6.45. The number of ether oxygens (including phenoxy) is 2. The second-order valence-electron chi connectivity index (χ2n) is 4.52. The number of nitrogens with zero attached hydrogens (tertiary/aromatic N) is 1. The van der Waals surface area contributed by atoms with Gasteiger partial charge in [0, 0.05) is 12.8 Å². The Kier molecular flexibility index (Phi) is 5.26. The molecule has 1 aromatic rings. The van der Waals surface area contributed by atoms with Crippen molar-refractivity contribution < 1.29 is 14.3 Å². The lowest BCUT2D eigenvalue weighted by atomic mass is 10.1. The molecule has 6 heteroatoms. The van der Waals surface area contributed by atoms with Crippen molar-refractivity contribution in [1.82, 2.24) is 10.4 Å². The number of nitrogens with one attached hydrogen (secondary N) is 1. The van der Waals surface area contributed by atoms with Gasteiger partial charge in [-0.1, -0.05) is 0 Å². The van der Waals surface area contributed by atoms with Crippen LogP contribution in [0.15, 0.2) is 18.3 Å². The molecule has 0 saturated carbocycles. The average Bonchev–Trinajstić information content (AvgIpc) is 2.48. The molecule has 0 bridgehead atoms. The number of amides is 1. The summed E-state index contributed by atoms with van der Waals surface area (Å²) < 4.78 is 11.1. The number of carbonyl (C=O) groups excluding carboxylic acids is 1. The van der Waals surface area contributed by atoms with Crippen LogP contribution in [0.5, 0.6) is 0 Å². The van der Waals surface area contributed by atoms with Gasteiger partial charge in [0.05, 0.1) is 30.6 Å². The van der Waals surface area contributed by atoms with Gasteiger partial charge in [0.15, 0.2) is 0 Å². The molecule has 0 aromatic carbocycles. The fraction of sp³-hybridized carbons (Fsp3) is 0.538. The number of hydrogen-bond acceptors (Lipinski definition) is 5. The van der Waals surface area contributed by atoms with E-state index < -0.39 is 0 Å². The summed E-state index contributed by atoms with van der Waals surface area (Å²) in [5.41, 5.74) is 3.27. The van der Waals surface area contributed by atoms with Gasteiger partial charge in [0.2, 0.25) is 0 Å². The zero-order valence-corrected chi connectivity index (χ0v) is 10.8. The quantitative estimate of drug-likeness (QED) is 0.466. The number of pyridine rings is 1. The van der Waals surface area contributed by atoms with Crippen LogP contribution in [0.2, 0.25) is 0 Å². The standard InChI is InChI=1S/C13H19N3O3/c14-16-13(17)10-4-5-11(15-7-10)8-18-9-12-3-1-2-6-19-12/h4-5,7,12H,1-3,6,8-9,14H2,(H,16,17). The van der Waals surface area contributed by atoms with Gasteiger partial charge in [-0.2, -0.15) is 0 Å². The summed E-state index contributed by atoms with van der Waals surface area (Å²) in [5, 5.41) is 0. The first-order chi connectivity index (χ1) is 9.29. The predicted octanol–water partition coefficient (Wildman–Crippen LogP) is 0.771. The monoisotopic (exact) mass is 265 g/mol. The second-order valence-corrected chi connectivity index (χ2v) is 4.52. The van der Waals surface area contributed by atoms with Gasteiger partial charge in [0.25, 0.3) is 5.91 Å². The van der Waals surface area contributed by atoms with E-state index in [1.807, 2.05) is 0 Å². The van der Waals surface area contributed by atoms with Crippen LogP contribution in [0.25, 0.3) is 0 Å². The van der Waals surface area contributed by atoms with Crippen molar-refractivity contribution in [2.45, 2.75) is 32.0 Å². The van der Waals surface area contributed by atoms with Crippen LogP contribution < -0.4 is 11.3 Å². The highest BCUT2D eigenvalue weighted by Gasteiger charge is 2.13. The van der Waals surface area contributed by atoms with E-state index in [0.717, 1.165) is 25.1 Å². The molecule has 2 rings (SSSR count). The Bertz CT molecular complexity index is 402. The van der Waals surface area contributed by atoms with Gasteiger partial charge in [-0.3, -0.25) is 15.2 Å². The zero-order chi connectivity index (χ0) is 13.5. The van der Waals surface area contributed by atoms with Crippen molar-refractivity contribution in [2.24, 2.45) is 5.84 Å². The van der Waals surface area contributed by atoms with Crippen LogP contribution in [-0.2, 0) is 16.1 Å². The van der Waals surface area contributed by atoms with Crippen LogP contribution >= 0.6 is 0 Å². The Morgan fingerprint density at radius 2 is 2.42 bits per heavy atom. The molecule has 0 spiro atoms. The van der Waals surface area contributed by atoms with Gasteiger partial charge in [-0.05, 0) is 31.4 Å². The van der Waals surface area contributed by atoms with Crippen molar-refractivity contribution >= 4 is 5.91 Å². The third kappa shape index (κ3) is 4.27.